The molecule has 0 radical (unpaired) electrons. The number of carbonyl (C=O) groups is 1. The van der Waals surface area contributed by atoms with E-state index < -0.39 is 21.5 Å². The number of nitrogens with one attached hydrogen (secondary N) is 1. The summed E-state index contributed by atoms with van der Waals surface area (Å²) in [6, 6.07) is 20.3. The highest BCUT2D eigenvalue weighted by Crippen LogP contribution is 2.50. The largest absolute Gasteiger partial charge is 0.325 e. The molecule has 2 heterocycles. The Morgan fingerprint density at radius 1 is 0.970 bits per heavy atom. The van der Waals surface area contributed by atoms with Crippen molar-refractivity contribution in [2.75, 3.05) is 11.9 Å². The van der Waals surface area contributed by atoms with Gasteiger partial charge in [-0.05, 0) is 74.1 Å². The van der Waals surface area contributed by atoms with Crippen LogP contribution in [-0.2, 0) is 26.7 Å². The normalized spacial score (nSPS) is 22.5. The molecule has 170 valence electrons. The van der Waals surface area contributed by atoms with Crippen LogP contribution in [0.2, 0.25) is 0 Å². The SMILES string of the molecule is Cc1ccc(S(=O)(=O)N2CCC3(C(=O)Nc4ccccc43)C2Cc2ccc(C)c(C)c2)cc1. The molecule has 1 saturated heterocycles. The van der Waals surface area contributed by atoms with Gasteiger partial charge in [-0.2, -0.15) is 4.31 Å². The zero-order valence-electron chi connectivity index (χ0n) is 19.1. The van der Waals surface area contributed by atoms with Crippen LogP contribution in [0.15, 0.2) is 71.6 Å². The summed E-state index contributed by atoms with van der Waals surface area (Å²) in [4.78, 5) is 13.8. The average molecular weight is 461 g/mol. The summed E-state index contributed by atoms with van der Waals surface area (Å²) in [6.45, 7) is 6.35. The van der Waals surface area contributed by atoms with E-state index in [1.165, 1.54) is 5.56 Å². The lowest BCUT2D eigenvalue weighted by Gasteiger charge is -2.34. The third-order valence-electron chi connectivity index (χ3n) is 7.33. The average Bonchev–Trinajstić information content (AvgIpc) is 3.31. The molecule has 1 amide bonds. The molecule has 0 aliphatic carbocycles. The van der Waals surface area contributed by atoms with Gasteiger partial charge >= 0.3 is 0 Å². The number of para-hydroxylation sites is 1. The Morgan fingerprint density at radius 2 is 1.70 bits per heavy atom. The first-order valence-corrected chi connectivity index (χ1v) is 12.7. The van der Waals surface area contributed by atoms with Crippen molar-refractivity contribution >= 4 is 21.6 Å². The number of hydrogen-bond donors (Lipinski definition) is 1. The summed E-state index contributed by atoms with van der Waals surface area (Å²) in [5, 5.41) is 3.03. The van der Waals surface area contributed by atoms with E-state index in [4.69, 9.17) is 0 Å². The summed E-state index contributed by atoms with van der Waals surface area (Å²) in [5.74, 6) is -0.112. The Balaban J connectivity index is 1.65. The number of anilines is 1. The predicted molar refractivity (Wildman–Crippen MR) is 130 cm³/mol. The molecule has 0 aromatic heterocycles. The molecule has 33 heavy (non-hydrogen) atoms. The van der Waals surface area contributed by atoms with Crippen molar-refractivity contribution in [3.8, 4) is 0 Å². The lowest BCUT2D eigenvalue weighted by Crippen LogP contribution is -2.50. The molecule has 0 bridgehead atoms. The fraction of sp³-hybridized carbons (Fsp3) is 0.296. The van der Waals surface area contributed by atoms with Crippen LogP contribution >= 0.6 is 0 Å². The van der Waals surface area contributed by atoms with Crippen molar-refractivity contribution in [3.05, 3.63) is 94.5 Å². The number of rotatable bonds is 4. The number of sulfonamides is 1. The summed E-state index contributed by atoms with van der Waals surface area (Å²) in [6.07, 6.45) is 0.921. The minimum absolute atomic E-state index is 0.112. The molecular formula is C27H28N2O3S. The topological polar surface area (TPSA) is 66.5 Å². The van der Waals surface area contributed by atoms with Gasteiger partial charge in [0.05, 0.1) is 10.3 Å². The fourth-order valence-electron chi connectivity index (χ4n) is 5.33. The van der Waals surface area contributed by atoms with Gasteiger partial charge < -0.3 is 5.32 Å². The van der Waals surface area contributed by atoms with Crippen molar-refractivity contribution in [1.29, 1.82) is 0 Å². The van der Waals surface area contributed by atoms with E-state index in [2.05, 4.69) is 31.3 Å². The van der Waals surface area contributed by atoms with Gasteiger partial charge in [0, 0.05) is 18.3 Å². The lowest BCUT2D eigenvalue weighted by molar-refractivity contribution is -0.121. The number of aryl methyl sites for hydroxylation is 3. The lowest BCUT2D eigenvalue weighted by atomic mass is 9.73. The first-order valence-electron chi connectivity index (χ1n) is 11.3. The maximum Gasteiger partial charge on any atom is 0.243 e. The smallest absolute Gasteiger partial charge is 0.243 e. The van der Waals surface area contributed by atoms with Gasteiger partial charge in [0.2, 0.25) is 15.9 Å². The summed E-state index contributed by atoms with van der Waals surface area (Å²) in [7, 11) is -3.78. The van der Waals surface area contributed by atoms with Crippen LogP contribution in [0.3, 0.4) is 0 Å². The fourth-order valence-corrected chi connectivity index (χ4v) is 7.01. The van der Waals surface area contributed by atoms with Gasteiger partial charge in [0.25, 0.3) is 0 Å². The van der Waals surface area contributed by atoms with Crippen LogP contribution in [0, 0.1) is 20.8 Å². The van der Waals surface area contributed by atoms with Crippen molar-refractivity contribution in [1.82, 2.24) is 4.31 Å². The Labute approximate surface area is 195 Å². The highest BCUT2D eigenvalue weighted by molar-refractivity contribution is 7.89. The monoisotopic (exact) mass is 460 g/mol. The molecule has 1 fully saturated rings. The first-order chi connectivity index (χ1) is 15.7. The predicted octanol–water partition coefficient (Wildman–Crippen LogP) is 4.51. The Morgan fingerprint density at radius 3 is 2.42 bits per heavy atom. The van der Waals surface area contributed by atoms with Gasteiger partial charge in [-0.15, -0.1) is 0 Å². The number of fused-ring (bicyclic) bond motifs is 2. The molecule has 1 spiro atoms. The molecule has 3 aromatic carbocycles. The van der Waals surface area contributed by atoms with Crippen molar-refractivity contribution in [2.45, 2.75) is 50.0 Å². The molecule has 6 heteroatoms. The molecule has 2 aliphatic rings. The molecule has 5 nitrogen and oxygen atoms in total. The molecule has 0 saturated carbocycles. The Bertz CT molecular complexity index is 1350. The van der Waals surface area contributed by atoms with E-state index in [1.807, 2.05) is 49.4 Å². The van der Waals surface area contributed by atoms with Crippen molar-refractivity contribution in [3.63, 3.8) is 0 Å². The molecule has 2 atom stereocenters. The van der Waals surface area contributed by atoms with Gasteiger partial charge in [-0.1, -0.05) is 54.1 Å². The number of benzene rings is 3. The van der Waals surface area contributed by atoms with Crippen molar-refractivity contribution in [2.24, 2.45) is 0 Å². The van der Waals surface area contributed by atoms with E-state index in [-0.39, 0.29) is 10.8 Å². The van der Waals surface area contributed by atoms with Crippen molar-refractivity contribution < 1.29 is 13.2 Å². The summed E-state index contributed by atoms with van der Waals surface area (Å²) < 4.78 is 29.2. The molecular weight excluding hydrogens is 432 g/mol. The van der Waals surface area contributed by atoms with Gasteiger partial charge in [0.1, 0.15) is 0 Å². The third kappa shape index (κ3) is 3.40. The maximum atomic E-state index is 13.8. The number of carbonyl (C=O) groups excluding carboxylic acids is 1. The van der Waals surface area contributed by atoms with E-state index in [1.54, 1.807) is 16.4 Å². The van der Waals surface area contributed by atoms with Crippen LogP contribution in [0.1, 0.15) is 34.2 Å². The zero-order valence-corrected chi connectivity index (χ0v) is 19.9. The standard InChI is InChI=1S/C27H28N2O3S/c1-18-8-12-22(13-9-18)33(31,32)29-15-14-27(23-6-4-5-7-24(23)28-26(27)30)25(29)17-21-11-10-19(2)20(3)16-21/h4-13,16,25H,14-15,17H2,1-3H3,(H,28,30). The third-order valence-corrected chi connectivity index (χ3v) is 9.25. The first kappa shape index (κ1) is 21.9. The molecule has 1 N–H and O–H groups in total. The van der Waals surface area contributed by atoms with Crippen LogP contribution in [0.25, 0.3) is 0 Å². The maximum absolute atomic E-state index is 13.8. The van der Waals surface area contributed by atoms with Gasteiger partial charge in [-0.3, -0.25) is 4.79 Å². The van der Waals surface area contributed by atoms with Crippen LogP contribution in [0.5, 0.6) is 0 Å². The van der Waals surface area contributed by atoms with Crippen LogP contribution < -0.4 is 5.32 Å². The molecule has 2 aliphatic heterocycles. The number of amides is 1. The quantitative estimate of drug-likeness (QED) is 0.623. The second-order valence-corrected chi connectivity index (χ2v) is 11.2. The van der Waals surface area contributed by atoms with Gasteiger partial charge in [-0.25, -0.2) is 8.42 Å². The van der Waals surface area contributed by atoms with E-state index in [9.17, 15) is 13.2 Å². The van der Waals surface area contributed by atoms with Gasteiger partial charge in [0.15, 0.2) is 0 Å². The highest BCUT2D eigenvalue weighted by Gasteiger charge is 2.60. The van der Waals surface area contributed by atoms with E-state index in [0.29, 0.717) is 19.4 Å². The number of nitrogens with zero attached hydrogens (tertiary/aromatic N) is 1. The second kappa shape index (κ2) is 7.82. The Hall–Kier alpha value is -2.96. The summed E-state index contributed by atoms with van der Waals surface area (Å²) in [5.41, 5.74) is 5.14. The van der Waals surface area contributed by atoms with E-state index >= 15 is 0 Å². The van der Waals surface area contributed by atoms with Crippen LogP contribution in [0.4, 0.5) is 5.69 Å². The molecule has 2 unspecified atom stereocenters. The Kier molecular flexibility index (Phi) is 5.18. The van der Waals surface area contributed by atoms with Crippen LogP contribution in [-0.4, -0.2) is 31.2 Å². The molecule has 3 aromatic rings. The second-order valence-electron chi connectivity index (χ2n) is 9.29. The minimum atomic E-state index is -3.78. The summed E-state index contributed by atoms with van der Waals surface area (Å²) >= 11 is 0. The molecule has 5 rings (SSSR count). The minimum Gasteiger partial charge on any atom is -0.325 e. The number of hydrogen-bond acceptors (Lipinski definition) is 3. The zero-order chi connectivity index (χ0) is 23.4. The van der Waals surface area contributed by atoms with E-state index in [0.717, 1.165) is 27.9 Å². The highest BCUT2D eigenvalue weighted by atomic mass is 32.2.